The van der Waals surface area contributed by atoms with Gasteiger partial charge in [-0.1, -0.05) is 30.3 Å². The van der Waals surface area contributed by atoms with Crippen molar-refractivity contribution >= 4 is 5.97 Å². The third-order valence-electron chi connectivity index (χ3n) is 5.02. The van der Waals surface area contributed by atoms with Crippen LogP contribution in [0.3, 0.4) is 0 Å². The maximum Gasteiger partial charge on any atom is 0.306 e. The Morgan fingerprint density at radius 3 is 2.27 bits per heavy atom. The number of carboxylic acid groups (broad SMARTS) is 1. The second kappa shape index (κ2) is 8.23. The fourth-order valence-electron chi connectivity index (χ4n) is 3.52. The lowest BCUT2D eigenvalue weighted by atomic mass is 9.95. The molecule has 2 aromatic carbocycles. The summed E-state index contributed by atoms with van der Waals surface area (Å²) in [6.45, 7) is 2.34. The fraction of sp³-hybridized carbons (Fsp3) is 0.381. The minimum Gasteiger partial charge on any atom is -0.493 e. The molecule has 0 amide bonds. The minimum absolute atomic E-state index is 0.217. The molecule has 0 spiro atoms. The van der Waals surface area contributed by atoms with Gasteiger partial charge in [0.2, 0.25) is 0 Å². The first-order valence-electron chi connectivity index (χ1n) is 8.88. The van der Waals surface area contributed by atoms with E-state index in [2.05, 4.69) is 17.0 Å². The molecule has 1 N–H and O–H groups in total. The van der Waals surface area contributed by atoms with Gasteiger partial charge in [0.05, 0.1) is 20.1 Å². The van der Waals surface area contributed by atoms with Crippen molar-refractivity contribution in [2.75, 3.05) is 27.3 Å². The van der Waals surface area contributed by atoms with E-state index in [1.54, 1.807) is 14.2 Å². The molecule has 0 aromatic heterocycles. The fourth-order valence-corrected chi connectivity index (χ4v) is 3.52. The summed E-state index contributed by atoms with van der Waals surface area (Å²) in [5, 5.41) is 9.18. The van der Waals surface area contributed by atoms with E-state index in [0.29, 0.717) is 24.3 Å². The predicted octanol–water partition coefficient (Wildman–Crippen LogP) is 3.67. The lowest BCUT2D eigenvalue weighted by Gasteiger charge is -2.30. The van der Waals surface area contributed by atoms with Crippen LogP contribution in [0.5, 0.6) is 11.5 Å². The molecule has 1 aliphatic rings. The molecule has 5 nitrogen and oxygen atoms in total. The van der Waals surface area contributed by atoms with E-state index in [-0.39, 0.29) is 5.92 Å². The second-order valence-corrected chi connectivity index (χ2v) is 6.62. The normalized spacial score (nSPS) is 15.6. The molecule has 2 aromatic rings. The number of carbonyl (C=O) groups is 1. The Kier molecular flexibility index (Phi) is 5.78. The Labute approximate surface area is 154 Å². The van der Waals surface area contributed by atoms with Gasteiger partial charge in [0.15, 0.2) is 11.5 Å². The van der Waals surface area contributed by atoms with E-state index >= 15 is 0 Å². The molecule has 138 valence electrons. The molecule has 0 saturated carbocycles. The Morgan fingerprint density at radius 1 is 1.08 bits per heavy atom. The van der Waals surface area contributed by atoms with Gasteiger partial charge in [0, 0.05) is 6.54 Å². The van der Waals surface area contributed by atoms with Crippen LogP contribution in [0.25, 0.3) is 11.1 Å². The zero-order chi connectivity index (χ0) is 18.5. The van der Waals surface area contributed by atoms with E-state index in [1.807, 2.05) is 30.3 Å². The van der Waals surface area contributed by atoms with Crippen LogP contribution in [0.1, 0.15) is 18.4 Å². The molecule has 1 fully saturated rings. The summed E-state index contributed by atoms with van der Waals surface area (Å²) in [7, 11) is 3.28. The maximum atomic E-state index is 11.2. The van der Waals surface area contributed by atoms with Gasteiger partial charge >= 0.3 is 5.97 Å². The van der Waals surface area contributed by atoms with Crippen molar-refractivity contribution in [1.29, 1.82) is 0 Å². The molecule has 0 atom stereocenters. The van der Waals surface area contributed by atoms with Gasteiger partial charge in [-0.25, -0.2) is 0 Å². The summed E-state index contributed by atoms with van der Waals surface area (Å²) >= 11 is 0. The zero-order valence-corrected chi connectivity index (χ0v) is 15.3. The average Bonchev–Trinajstić information content (AvgIpc) is 2.68. The van der Waals surface area contributed by atoms with Gasteiger partial charge < -0.3 is 14.6 Å². The second-order valence-electron chi connectivity index (χ2n) is 6.62. The molecule has 0 radical (unpaired) electrons. The maximum absolute atomic E-state index is 11.2. The van der Waals surface area contributed by atoms with Crippen LogP contribution in [-0.4, -0.2) is 43.3 Å². The van der Waals surface area contributed by atoms with E-state index in [4.69, 9.17) is 9.47 Å². The van der Waals surface area contributed by atoms with Gasteiger partial charge in [0.1, 0.15) is 0 Å². The number of methoxy groups -OCH3 is 2. The predicted molar refractivity (Wildman–Crippen MR) is 101 cm³/mol. The van der Waals surface area contributed by atoms with Gasteiger partial charge in [-0.2, -0.15) is 0 Å². The van der Waals surface area contributed by atoms with Crippen LogP contribution >= 0.6 is 0 Å². The molecular weight excluding hydrogens is 330 g/mol. The summed E-state index contributed by atoms with van der Waals surface area (Å²) in [6, 6.07) is 14.3. The third kappa shape index (κ3) is 3.99. The van der Waals surface area contributed by atoms with E-state index in [1.165, 1.54) is 0 Å². The lowest BCUT2D eigenvalue weighted by Crippen LogP contribution is -2.35. The van der Waals surface area contributed by atoms with E-state index in [0.717, 1.165) is 36.3 Å². The highest BCUT2D eigenvalue weighted by Gasteiger charge is 2.25. The number of hydrogen-bond donors (Lipinski definition) is 1. The summed E-state index contributed by atoms with van der Waals surface area (Å²) in [4.78, 5) is 13.5. The molecule has 1 aliphatic heterocycles. The lowest BCUT2D eigenvalue weighted by molar-refractivity contribution is -0.143. The monoisotopic (exact) mass is 355 g/mol. The first kappa shape index (κ1) is 18.3. The third-order valence-corrected chi connectivity index (χ3v) is 5.02. The van der Waals surface area contributed by atoms with E-state index in [9.17, 15) is 9.90 Å². The number of likely N-dealkylation sites (tertiary alicyclic amines) is 1. The largest absolute Gasteiger partial charge is 0.493 e. The van der Waals surface area contributed by atoms with Crippen LogP contribution in [0.4, 0.5) is 0 Å². The van der Waals surface area contributed by atoms with Gasteiger partial charge in [0.25, 0.3) is 0 Å². The van der Waals surface area contributed by atoms with Crippen LogP contribution < -0.4 is 9.47 Å². The van der Waals surface area contributed by atoms with Crippen molar-refractivity contribution in [3.8, 4) is 22.6 Å². The summed E-state index contributed by atoms with van der Waals surface area (Å²) < 4.78 is 11.0. The minimum atomic E-state index is -0.680. The van der Waals surface area contributed by atoms with Crippen molar-refractivity contribution in [1.82, 2.24) is 4.90 Å². The molecule has 0 aliphatic carbocycles. The number of hydrogen-bond acceptors (Lipinski definition) is 4. The summed E-state index contributed by atoms with van der Waals surface area (Å²) in [5.41, 5.74) is 3.40. The summed E-state index contributed by atoms with van der Waals surface area (Å²) in [6.07, 6.45) is 1.40. The molecule has 5 heteroatoms. The van der Waals surface area contributed by atoms with Crippen molar-refractivity contribution < 1.29 is 19.4 Å². The first-order chi connectivity index (χ1) is 12.6. The average molecular weight is 355 g/mol. The molecule has 0 bridgehead atoms. The Morgan fingerprint density at radius 2 is 1.69 bits per heavy atom. The topological polar surface area (TPSA) is 59.0 Å². The molecule has 0 unspecified atom stereocenters. The number of piperidine rings is 1. The van der Waals surface area contributed by atoms with Gasteiger partial charge in [-0.3, -0.25) is 9.69 Å². The quantitative estimate of drug-likeness (QED) is 0.857. The van der Waals surface area contributed by atoms with E-state index < -0.39 is 5.97 Å². The molecule has 1 heterocycles. The van der Waals surface area contributed by atoms with Crippen LogP contribution in [0.15, 0.2) is 42.5 Å². The number of carboxylic acids is 1. The highest BCUT2D eigenvalue weighted by atomic mass is 16.5. The van der Waals surface area contributed by atoms with Crippen molar-refractivity contribution in [2.45, 2.75) is 19.4 Å². The Hall–Kier alpha value is -2.53. The highest BCUT2D eigenvalue weighted by Crippen LogP contribution is 2.36. The van der Waals surface area contributed by atoms with Crippen LogP contribution in [0.2, 0.25) is 0 Å². The van der Waals surface area contributed by atoms with Crippen molar-refractivity contribution in [3.05, 3.63) is 48.0 Å². The molecule has 1 saturated heterocycles. The smallest absolute Gasteiger partial charge is 0.306 e. The summed E-state index contributed by atoms with van der Waals surface area (Å²) in [5.74, 6) is 0.522. The number of aliphatic carboxylic acids is 1. The molecule has 3 rings (SSSR count). The number of benzene rings is 2. The number of ether oxygens (including phenoxy) is 2. The number of rotatable bonds is 6. The Bertz CT molecular complexity index is 752. The molecule has 26 heavy (non-hydrogen) atoms. The number of nitrogens with zero attached hydrogens (tertiary/aromatic N) is 1. The van der Waals surface area contributed by atoms with Crippen molar-refractivity contribution in [2.24, 2.45) is 5.92 Å². The van der Waals surface area contributed by atoms with Crippen molar-refractivity contribution in [3.63, 3.8) is 0 Å². The first-order valence-corrected chi connectivity index (χ1v) is 8.88. The van der Waals surface area contributed by atoms with Crippen LogP contribution in [0, 0.1) is 5.92 Å². The molecular formula is C21H25NO4. The van der Waals surface area contributed by atoms with Gasteiger partial charge in [-0.05, 0) is 54.8 Å². The highest BCUT2D eigenvalue weighted by molar-refractivity contribution is 5.71. The SMILES string of the molecule is COc1cc(CN2CCC(C(=O)O)CC2)c(-c2ccccc2)cc1OC. The van der Waals surface area contributed by atoms with Gasteiger partial charge in [-0.15, -0.1) is 0 Å². The Balaban J connectivity index is 1.89. The zero-order valence-electron chi connectivity index (χ0n) is 15.3. The standard InChI is InChI=1S/C21H25NO4/c1-25-19-12-17(14-22-10-8-16(9-11-22)21(23)24)18(13-20(19)26-2)15-6-4-3-5-7-15/h3-7,12-13,16H,8-11,14H2,1-2H3,(H,23,24). The van der Waals surface area contributed by atoms with Crippen LogP contribution in [-0.2, 0) is 11.3 Å².